The molecule has 24 heavy (non-hydrogen) atoms. The van der Waals surface area contributed by atoms with Crippen LogP contribution in [0.5, 0.6) is 0 Å². The normalized spacial score (nSPS) is 10.6. The van der Waals surface area contributed by atoms with E-state index in [4.69, 9.17) is 5.73 Å². The summed E-state index contributed by atoms with van der Waals surface area (Å²) in [4.78, 5) is 10.8. The molecule has 0 radical (unpaired) electrons. The molecular formula is C17H21N7. The zero-order valence-electron chi connectivity index (χ0n) is 13.8. The summed E-state index contributed by atoms with van der Waals surface area (Å²) < 4.78 is 1.51. The van der Waals surface area contributed by atoms with Crippen molar-refractivity contribution in [3.63, 3.8) is 0 Å². The van der Waals surface area contributed by atoms with Crippen LogP contribution in [0, 0.1) is 0 Å². The Morgan fingerprint density at radius 3 is 2.46 bits per heavy atom. The SMILES string of the molecule is CCN(CC)c1ccc(Nc2nc(N)n(-c3ccccn3)n2)cc1. The standard InChI is InChI=1S/C17H21N7/c1-3-23(4-2)14-10-8-13(9-11-14)20-17-21-16(18)24(22-17)15-7-5-6-12-19-15/h5-12H,3-4H2,1-2H3,(H3,18,20,21,22). The average molecular weight is 323 g/mol. The molecule has 0 saturated heterocycles. The Hall–Kier alpha value is -3.09. The van der Waals surface area contributed by atoms with E-state index >= 15 is 0 Å². The molecule has 0 unspecified atom stereocenters. The van der Waals surface area contributed by atoms with Crippen molar-refractivity contribution >= 4 is 23.3 Å². The van der Waals surface area contributed by atoms with Crippen LogP contribution < -0.4 is 16.0 Å². The minimum Gasteiger partial charge on any atom is -0.372 e. The molecule has 0 saturated carbocycles. The highest BCUT2D eigenvalue weighted by Crippen LogP contribution is 2.20. The lowest BCUT2D eigenvalue weighted by Gasteiger charge is -2.21. The Balaban J connectivity index is 1.77. The van der Waals surface area contributed by atoms with Crippen LogP contribution in [0.1, 0.15) is 13.8 Å². The molecule has 0 aliphatic heterocycles. The van der Waals surface area contributed by atoms with Crippen LogP contribution in [-0.4, -0.2) is 32.8 Å². The third kappa shape index (κ3) is 3.29. The smallest absolute Gasteiger partial charge is 0.248 e. The van der Waals surface area contributed by atoms with Crippen molar-refractivity contribution in [1.82, 2.24) is 19.7 Å². The van der Waals surface area contributed by atoms with Gasteiger partial charge in [-0.1, -0.05) is 6.07 Å². The van der Waals surface area contributed by atoms with Gasteiger partial charge in [0.15, 0.2) is 5.82 Å². The van der Waals surface area contributed by atoms with Crippen LogP contribution in [0.4, 0.5) is 23.3 Å². The maximum atomic E-state index is 5.93. The number of aromatic nitrogens is 4. The van der Waals surface area contributed by atoms with E-state index in [1.165, 1.54) is 10.4 Å². The first-order valence-electron chi connectivity index (χ1n) is 7.97. The molecule has 0 aliphatic rings. The third-order valence-electron chi connectivity index (χ3n) is 3.75. The number of pyridine rings is 1. The summed E-state index contributed by atoms with van der Waals surface area (Å²) in [6, 6.07) is 13.7. The summed E-state index contributed by atoms with van der Waals surface area (Å²) in [5.74, 6) is 1.36. The van der Waals surface area contributed by atoms with Gasteiger partial charge in [-0.3, -0.25) is 0 Å². The van der Waals surface area contributed by atoms with E-state index in [0.29, 0.717) is 11.8 Å². The first-order chi connectivity index (χ1) is 11.7. The van der Waals surface area contributed by atoms with Crippen molar-refractivity contribution in [2.75, 3.05) is 29.0 Å². The van der Waals surface area contributed by atoms with E-state index in [9.17, 15) is 0 Å². The lowest BCUT2D eigenvalue weighted by Crippen LogP contribution is -2.21. The van der Waals surface area contributed by atoms with Crippen molar-refractivity contribution in [2.45, 2.75) is 13.8 Å². The van der Waals surface area contributed by atoms with Crippen molar-refractivity contribution in [1.29, 1.82) is 0 Å². The number of nitrogens with zero attached hydrogens (tertiary/aromatic N) is 5. The van der Waals surface area contributed by atoms with Gasteiger partial charge in [-0.05, 0) is 50.2 Å². The highest BCUT2D eigenvalue weighted by molar-refractivity contribution is 5.59. The van der Waals surface area contributed by atoms with E-state index in [2.05, 4.69) is 51.3 Å². The van der Waals surface area contributed by atoms with Crippen LogP contribution in [0.3, 0.4) is 0 Å². The largest absolute Gasteiger partial charge is 0.372 e. The zero-order valence-corrected chi connectivity index (χ0v) is 13.8. The number of nitrogens with two attached hydrogens (primary N) is 1. The second-order valence-electron chi connectivity index (χ2n) is 5.24. The summed E-state index contributed by atoms with van der Waals surface area (Å²) in [6.07, 6.45) is 1.69. The van der Waals surface area contributed by atoms with E-state index in [0.717, 1.165) is 18.8 Å². The van der Waals surface area contributed by atoms with Gasteiger partial charge in [-0.15, -0.1) is 5.10 Å². The molecule has 0 amide bonds. The summed E-state index contributed by atoms with van der Waals surface area (Å²) in [5.41, 5.74) is 8.03. The Morgan fingerprint density at radius 2 is 1.83 bits per heavy atom. The molecule has 3 aromatic rings. The monoisotopic (exact) mass is 323 g/mol. The molecule has 3 rings (SSSR count). The zero-order chi connectivity index (χ0) is 16.9. The van der Waals surface area contributed by atoms with Crippen LogP contribution in [-0.2, 0) is 0 Å². The first-order valence-corrected chi connectivity index (χ1v) is 7.97. The number of hydrogen-bond acceptors (Lipinski definition) is 6. The number of nitrogen functional groups attached to an aromatic ring is 1. The molecule has 2 aromatic heterocycles. The average Bonchev–Trinajstić information content (AvgIpc) is 2.98. The van der Waals surface area contributed by atoms with Gasteiger partial charge >= 0.3 is 0 Å². The fraction of sp³-hybridized carbons (Fsp3) is 0.235. The van der Waals surface area contributed by atoms with Gasteiger partial charge in [-0.25, -0.2) is 4.98 Å². The fourth-order valence-electron chi connectivity index (χ4n) is 2.50. The lowest BCUT2D eigenvalue weighted by atomic mass is 10.2. The summed E-state index contributed by atoms with van der Waals surface area (Å²) in [6.45, 7) is 6.25. The number of anilines is 4. The maximum Gasteiger partial charge on any atom is 0.248 e. The molecule has 7 heteroatoms. The predicted octanol–water partition coefficient (Wildman–Crippen LogP) is 2.83. The van der Waals surface area contributed by atoms with Gasteiger partial charge in [0.25, 0.3) is 0 Å². The second kappa shape index (κ2) is 6.99. The van der Waals surface area contributed by atoms with E-state index in [1.807, 2.05) is 30.3 Å². The highest BCUT2D eigenvalue weighted by Gasteiger charge is 2.10. The van der Waals surface area contributed by atoms with Gasteiger partial charge in [0.2, 0.25) is 11.9 Å². The number of benzene rings is 1. The molecule has 0 fully saturated rings. The molecule has 0 aliphatic carbocycles. The molecule has 7 nitrogen and oxygen atoms in total. The fourth-order valence-corrected chi connectivity index (χ4v) is 2.50. The number of rotatable bonds is 6. The Morgan fingerprint density at radius 1 is 1.08 bits per heavy atom. The van der Waals surface area contributed by atoms with E-state index < -0.39 is 0 Å². The first kappa shape index (κ1) is 15.8. The number of nitrogens with one attached hydrogen (secondary N) is 1. The molecule has 1 aromatic carbocycles. The minimum absolute atomic E-state index is 0.288. The van der Waals surface area contributed by atoms with E-state index in [-0.39, 0.29) is 5.95 Å². The Labute approximate surface area is 141 Å². The lowest BCUT2D eigenvalue weighted by molar-refractivity contribution is 0.859. The minimum atomic E-state index is 0.288. The van der Waals surface area contributed by atoms with E-state index in [1.54, 1.807) is 6.20 Å². The van der Waals surface area contributed by atoms with Crippen molar-refractivity contribution in [3.05, 3.63) is 48.7 Å². The van der Waals surface area contributed by atoms with Gasteiger partial charge in [0.1, 0.15) is 0 Å². The van der Waals surface area contributed by atoms with Gasteiger partial charge < -0.3 is 16.0 Å². The molecule has 0 atom stereocenters. The highest BCUT2D eigenvalue weighted by atomic mass is 15.4. The van der Waals surface area contributed by atoms with Gasteiger partial charge in [0, 0.05) is 30.7 Å². The molecule has 3 N–H and O–H groups in total. The quantitative estimate of drug-likeness (QED) is 0.725. The topological polar surface area (TPSA) is 84.9 Å². The van der Waals surface area contributed by atoms with Crippen molar-refractivity contribution in [2.24, 2.45) is 0 Å². The van der Waals surface area contributed by atoms with Crippen LogP contribution >= 0.6 is 0 Å². The third-order valence-corrected chi connectivity index (χ3v) is 3.75. The van der Waals surface area contributed by atoms with Crippen LogP contribution in [0.25, 0.3) is 5.82 Å². The molecule has 0 bridgehead atoms. The Bertz CT molecular complexity index is 776. The summed E-state index contributed by atoms with van der Waals surface area (Å²) >= 11 is 0. The molecular weight excluding hydrogens is 302 g/mol. The molecule has 124 valence electrons. The second-order valence-corrected chi connectivity index (χ2v) is 5.24. The maximum absolute atomic E-state index is 5.93. The van der Waals surface area contributed by atoms with Crippen LogP contribution in [0.15, 0.2) is 48.7 Å². The Kier molecular flexibility index (Phi) is 4.60. The van der Waals surface area contributed by atoms with Gasteiger partial charge in [0.05, 0.1) is 0 Å². The number of hydrogen-bond donors (Lipinski definition) is 2. The summed E-state index contributed by atoms with van der Waals surface area (Å²) in [5, 5.41) is 7.53. The predicted molar refractivity (Wildman–Crippen MR) is 96.9 cm³/mol. The van der Waals surface area contributed by atoms with Gasteiger partial charge in [-0.2, -0.15) is 9.67 Å². The molecule has 2 heterocycles. The van der Waals surface area contributed by atoms with Crippen molar-refractivity contribution in [3.8, 4) is 5.82 Å². The van der Waals surface area contributed by atoms with Crippen molar-refractivity contribution < 1.29 is 0 Å². The van der Waals surface area contributed by atoms with Crippen LogP contribution in [0.2, 0.25) is 0 Å². The summed E-state index contributed by atoms with van der Waals surface area (Å²) in [7, 11) is 0. The molecule has 0 spiro atoms.